The summed E-state index contributed by atoms with van der Waals surface area (Å²) in [5.74, 6) is -0.258. The molecule has 0 heterocycles. The van der Waals surface area contributed by atoms with E-state index in [2.05, 4.69) is 25.8 Å². The molecule has 0 spiro atoms. The molecular weight excluding hydrogens is 247 g/mol. The van der Waals surface area contributed by atoms with Crippen molar-refractivity contribution in [3.63, 3.8) is 0 Å². The smallest absolute Gasteiger partial charge is 0.216 e. The number of rotatable bonds is 2. The standard InChI is InChI=1S/C13H9FOS.C2H4/c14-12-7-5-10(6-8-12)9-1-3-11(4-2-9)13(15)16;1-2/h1-8H,(H,15,16);1-2H2. The van der Waals surface area contributed by atoms with Crippen molar-refractivity contribution in [1.82, 2.24) is 0 Å². The van der Waals surface area contributed by atoms with E-state index in [4.69, 9.17) is 0 Å². The summed E-state index contributed by atoms with van der Waals surface area (Å²) in [6.07, 6.45) is 0. The Labute approximate surface area is 111 Å². The molecule has 18 heavy (non-hydrogen) atoms. The number of hydrogen-bond donors (Lipinski definition) is 1. The highest BCUT2D eigenvalue weighted by Gasteiger charge is 2.01. The third kappa shape index (κ3) is 3.57. The highest BCUT2D eigenvalue weighted by atomic mass is 32.1. The fourth-order valence-corrected chi connectivity index (χ4v) is 1.60. The zero-order chi connectivity index (χ0) is 13.5. The molecule has 0 bridgehead atoms. The van der Waals surface area contributed by atoms with Crippen LogP contribution in [0.1, 0.15) is 10.4 Å². The maximum Gasteiger partial charge on any atom is 0.216 e. The second-order valence-electron chi connectivity index (χ2n) is 3.39. The fourth-order valence-electron chi connectivity index (χ4n) is 1.45. The molecule has 0 N–H and O–H groups in total. The van der Waals surface area contributed by atoms with Crippen molar-refractivity contribution in [2.75, 3.05) is 0 Å². The van der Waals surface area contributed by atoms with Gasteiger partial charge in [0.2, 0.25) is 5.12 Å². The van der Waals surface area contributed by atoms with E-state index in [1.54, 1.807) is 24.3 Å². The van der Waals surface area contributed by atoms with E-state index in [-0.39, 0.29) is 10.9 Å². The highest BCUT2D eigenvalue weighted by molar-refractivity contribution is 7.97. The second kappa shape index (κ2) is 6.77. The molecule has 0 saturated heterocycles. The van der Waals surface area contributed by atoms with Gasteiger partial charge in [-0.2, -0.15) is 0 Å². The van der Waals surface area contributed by atoms with Gasteiger partial charge in [-0.3, -0.25) is 4.79 Å². The normalized spacial score (nSPS) is 9.22. The minimum absolute atomic E-state index is 0.258. The Morgan fingerprint density at radius 3 is 1.67 bits per heavy atom. The van der Waals surface area contributed by atoms with Crippen molar-refractivity contribution in [2.24, 2.45) is 0 Å². The summed E-state index contributed by atoms with van der Waals surface area (Å²) >= 11 is 3.73. The first-order valence-electron chi connectivity index (χ1n) is 5.26. The van der Waals surface area contributed by atoms with Gasteiger partial charge >= 0.3 is 0 Å². The van der Waals surface area contributed by atoms with Crippen molar-refractivity contribution < 1.29 is 9.18 Å². The average molecular weight is 260 g/mol. The molecule has 0 radical (unpaired) electrons. The van der Waals surface area contributed by atoms with Crippen LogP contribution in [0.25, 0.3) is 11.1 Å². The topological polar surface area (TPSA) is 17.1 Å². The van der Waals surface area contributed by atoms with Crippen molar-refractivity contribution in [3.8, 4) is 11.1 Å². The van der Waals surface area contributed by atoms with Gasteiger partial charge in [0.25, 0.3) is 0 Å². The predicted octanol–water partition coefficient (Wildman–Crippen LogP) is 4.36. The molecule has 2 aromatic carbocycles. The van der Waals surface area contributed by atoms with Crippen LogP contribution in [0.2, 0.25) is 0 Å². The minimum atomic E-state index is -0.259. The number of thiol groups is 1. The quantitative estimate of drug-likeness (QED) is 0.627. The van der Waals surface area contributed by atoms with Gasteiger partial charge < -0.3 is 0 Å². The van der Waals surface area contributed by atoms with Gasteiger partial charge in [-0.1, -0.05) is 24.3 Å². The Hall–Kier alpha value is -1.87. The molecule has 0 atom stereocenters. The van der Waals surface area contributed by atoms with E-state index >= 15 is 0 Å². The van der Waals surface area contributed by atoms with Crippen LogP contribution < -0.4 is 0 Å². The Morgan fingerprint density at radius 2 is 1.28 bits per heavy atom. The molecule has 0 amide bonds. The number of hydrogen-bond acceptors (Lipinski definition) is 1. The van der Waals surface area contributed by atoms with Crippen molar-refractivity contribution in [3.05, 3.63) is 73.1 Å². The monoisotopic (exact) mass is 260 g/mol. The first-order valence-corrected chi connectivity index (χ1v) is 5.71. The molecule has 0 aliphatic rings. The molecular formula is C15H13FOS. The number of benzene rings is 2. The van der Waals surface area contributed by atoms with Gasteiger partial charge in [-0.05, 0) is 35.4 Å². The molecule has 0 saturated carbocycles. The summed E-state index contributed by atoms with van der Waals surface area (Å²) in [7, 11) is 0. The van der Waals surface area contributed by atoms with Gasteiger partial charge in [0.05, 0.1) is 0 Å². The summed E-state index contributed by atoms with van der Waals surface area (Å²) in [5, 5.41) is -0.259. The molecule has 0 fully saturated rings. The average Bonchev–Trinajstić information content (AvgIpc) is 2.42. The largest absolute Gasteiger partial charge is 0.282 e. The lowest BCUT2D eigenvalue weighted by Gasteiger charge is -2.02. The van der Waals surface area contributed by atoms with E-state index in [0.717, 1.165) is 11.1 Å². The number of carbonyl (C=O) groups is 1. The molecule has 3 heteroatoms. The van der Waals surface area contributed by atoms with E-state index in [1.165, 1.54) is 12.1 Å². The van der Waals surface area contributed by atoms with E-state index in [1.807, 2.05) is 12.1 Å². The Morgan fingerprint density at radius 1 is 0.889 bits per heavy atom. The fraction of sp³-hybridized carbons (Fsp3) is 0. The van der Waals surface area contributed by atoms with E-state index in [9.17, 15) is 9.18 Å². The first kappa shape index (κ1) is 14.2. The third-order valence-electron chi connectivity index (χ3n) is 2.31. The Bertz CT molecular complexity index is 517. The lowest BCUT2D eigenvalue weighted by molar-refractivity contribution is 0.109. The van der Waals surface area contributed by atoms with Crippen LogP contribution in [-0.4, -0.2) is 5.12 Å². The van der Waals surface area contributed by atoms with Crippen molar-refractivity contribution in [1.29, 1.82) is 0 Å². The minimum Gasteiger partial charge on any atom is -0.282 e. The molecule has 2 rings (SSSR count). The summed E-state index contributed by atoms with van der Waals surface area (Å²) in [6.45, 7) is 6.00. The number of halogens is 1. The Kier molecular flexibility index (Phi) is 5.33. The molecule has 2 aromatic rings. The van der Waals surface area contributed by atoms with Gasteiger partial charge in [0, 0.05) is 5.56 Å². The van der Waals surface area contributed by atoms with Crippen LogP contribution in [0.5, 0.6) is 0 Å². The van der Waals surface area contributed by atoms with Crippen LogP contribution >= 0.6 is 12.6 Å². The second-order valence-corrected chi connectivity index (χ2v) is 3.80. The molecule has 0 aliphatic carbocycles. The van der Waals surface area contributed by atoms with Gasteiger partial charge in [-0.25, -0.2) is 4.39 Å². The third-order valence-corrected chi connectivity index (χ3v) is 2.57. The predicted molar refractivity (Wildman–Crippen MR) is 76.4 cm³/mol. The molecule has 92 valence electrons. The summed E-state index contributed by atoms with van der Waals surface area (Å²) < 4.78 is 12.7. The SMILES string of the molecule is C=C.O=C(S)c1ccc(-c2ccc(F)cc2)cc1. The molecule has 0 aliphatic heterocycles. The molecule has 0 aromatic heterocycles. The lowest BCUT2D eigenvalue weighted by Crippen LogP contribution is -1.88. The van der Waals surface area contributed by atoms with Crippen LogP contribution in [0.15, 0.2) is 61.7 Å². The maximum absolute atomic E-state index is 12.7. The van der Waals surface area contributed by atoms with Gasteiger partial charge in [-0.15, -0.1) is 25.8 Å². The van der Waals surface area contributed by atoms with Crippen molar-refractivity contribution in [2.45, 2.75) is 0 Å². The van der Waals surface area contributed by atoms with Gasteiger partial charge in [0.15, 0.2) is 0 Å². The van der Waals surface area contributed by atoms with Crippen LogP contribution in [0.3, 0.4) is 0 Å². The Balaban J connectivity index is 0.000000771. The van der Waals surface area contributed by atoms with E-state index in [0.29, 0.717) is 5.56 Å². The molecule has 0 unspecified atom stereocenters. The molecule has 1 nitrogen and oxygen atoms in total. The maximum atomic E-state index is 12.7. The summed E-state index contributed by atoms with van der Waals surface area (Å²) in [5.41, 5.74) is 2.41. The van der Waals surface area contributed by atoms with Crippen LogP contribution in [0, 0.1) is 5.82 Å². The summed E-state index contributed by atoms with van der Waals surface area (Å²) in [6, 6.07) is 13.3. The summed E-state index contributed by atoms with van der Waals surface area (Å²) in [4.78, 5) is 11.0. The van der Waals surface area contributed by atoms with E-state index < -0.39 is 0 Å². The van der Waals surface area contributed by atoms with Crippen molar-refractivity contribution >= 4 is 17.7 Å². The zero-order valence-corrected chi connectivity index (χ0v) is 10.7. The van der Waals surface area contributed by atoms with Gasteiger partial charge in [0.1, 0.15) is 5.82 Å². The zero-order valence-electron chi connectivity index (χ0n) is 9.77. The lowest BCUT2D eigenvalue weighted by atomic mass is 10.0. The highest BCUT2D eigenvalue weighted by Crippen LogP contribution is 2.20. The number of carbonyl (C=O) groups excluding carboxylic acids is 1. The van der Waals surface area contributed by atoms with Crippen LogP contribution in [-0.2, 0) is 0 Å². The van der Waals surface area contributed by atoms with Crippen LogP contribution in [0.4, 0.5) is 4.39 Å². The first-order chi connectivity index (χ1) is 8.66.